The normalized spacial score (nSPS) is 11.7. The first-order chi connectivity index (χ1) is 12.5. The molecule has 2 aromatic rings. The average molecular weight is 360 g/mol. The van der Waals surface area contributed by atoms with Gasteiger partial charge in [-0.1, -0.05) is 25.1 Å². The number of ether oxygens (including phenoxy) is 1. The summed E-state index contributed by atoms with van der Waals surface area (Å²) in [5.41, 5.74) is 2.01. The van der Waals surface area contributed by atoms with E-state index in [1.807, 2.05) is 25.1 Å². The highest BCUT2D eigenvalue weighted by Crippen LogP contribution is 2.26. The molecular weight excluding hydrogens is 332 g/mol. The Morgan fingerprint density at radius 3 is 2.77 bits per heavy atom. The fraction of sp³-hybridized carbons (Fsp3) is 0.474. The zero-order valence-corrected chi connectivity index (χ0v) is 15.9. The molecule has 0 saturated heterocycles. The minimum absolute atomic E-state index is 0.145. The van der Waals surface area contributed by atoms with Gasteiger partial charge in [0.05, 0.1) is 12.8 Å². The van der Waals surface area contributed by atoms with E-state index < -0.39 is 0 Å². The lowest BCUT2D eigenvalue weighted by molar-refractivity contribution is 0.373. The molecule has 0 spiro atoms. The van der Waals surface area contributed by atoms with Gasteiger partial charge in [-0.05, 0) is 37.0 Å². The summed E-state index contributed by atoms with van der Waals surface area (Å²) in [7, 11) is 1.54. The largest absolute Gasteiger partial charge is 0.504 e. The van der Waals surface area contributed by atoms with E-state index >= 15 is 0 Å². The predicted molar refractivity (Wildman–Crippen MR) is 102 cm³/mol. The van der Waals surface area contributed by atoms with Crippen LogP contribution in [0.1, 0.15) is 43.7 Å². The number of aromatic hydroxyl groups is 1. The third-order valence-corrected chi connectivity index (χ3v) is 3.86. The third kappa shape index (κ3) is 5.68. The molecule has 1 aromatic carbocycles. The summed E-state index contributed by atoms with van der Waals surface area (Å²) in [6.07, 6.45) is 0.779. The molecule has 3 N–H and O–H groups in total. The first-order valence-electron chi connectivity index (χ1n) is 8.87. The number of aromatic nitrogens is 1. The standard InChI is InChI=1S/C19H28N4O3/c1-5-20-19(22-12-15-11-16(13(2)3)23-26-15)21-9-8-14-6-7-17(24)18(10-14)25-4/h6-7,10-11,13,24H,5,8-9,12H2,1-4H3,(H2,20,21,22). The lowest BCUT2D eigenvalue weighted by Gasteiger charge is -2.11. The Morgan fingerprint density at radius 1 is 1.31 bits per heavy atom. The number of guanidine groups is 1. The van der Waals surface area contributed by atoms with Gasteiger partial charge in [0.2, 0.25) is 0 Å². The molecule has 0 amide bonds. The number of hydrogen-bond donors (Lipinski definition) is 3. The number of phenols is 1. The molecule has 0 radical (unpaired) electrons. The van der Waals surface area contributed by atoms with Gasteiger partial charge in [0.1, 0.15) is 6.54 Å². The van der Waals surface area contributed by atoms with Crippen molar-refractivity contribution in [1.82, 2.24) is 15.8 Å². The molecule has 26 heavy (non-hydrogen) atoms. The van der Waals surface area contributed by atoms with Crippen molar-refractivity contribution in [2.24, 2.45) is 4.99 Å². The summed E-state index contributed by atoms with van der Waals surface area (Å²) in [5.74, 6) is 2.43. The fourth-order valence-corrected chi connectivity index (χ4v) is 2.38. The van der Waals surface area contributed by atoms with E-state index in [4.69, 9.17) is 9.26 Å². The van der Waals surface area contributed by atoms with Crippen LogP contribution >= 0.6 is 0 Å². The highest BCUT2D eigenvalue weighted by atomic mass is 16.5. The third-order valence-electron chi connectivity index (χ3n) is 3.86. The summed E-state index contributed by atoms with van der Waals surface area (Å²) >= 11 is 0. The van der Waals surface area contributed by atoms with Crippen LogP contribution in [0.15, 0.2) is 33.8 Å². The quantitative estimate of drug-likeness (QED) is 0.495. The van der Waals surface area contributed by atoms with Crippen molar-refractivity contribution in [3.05, 3.63) is 41.3 Å². The van der Waals surface area contributed by atoms with E-state index in [2.05, 4.69) is 34.6 Å². The van der Waals surface area contributed by atoms with Crippen LogP contribution in [0.4, 0.5) is 0 Å². The van der Waals surface area contributed by atoms with Gasteiger partial charge in [-0.25, -0.2) is 4.99 Å². The summed E-state index contributed by atoms with van der Waals surface area (Å²) in [6.45, 7) is 8.08. The van der Waals surface area contributed by atoms with Gasteiger partial charge in [0.25, 0.3) is 0 Å². The molecule has 0 aliphatic carbocycles. The second-order valence-electron chi connectivity index (χ2n) is 6.25. The van der Waals surface area contributed by atoms with Gasteiger partial charge in [-0.15, -0.1) is 0 Å². The van der Waals surface area contributed by atoms with Crippen molar-refractivity contribution >= 4 is 5.96 Å². The first kappa shape index (κ1) is 19.6. The predicted octanol–water partition coefficient (Wildman–Crippen LogP) is 2.81. The topological polar surface area (TPSA) is 91.9 Å². The van der Waals surface area contributed by atoms with Crippen LogP contribution in [0.2, 0.25) is 0 Å². The minimum atomic E-state index is 0.145. The van der Waals surface area contributed by atoms with Gasteiger partial charge >= 0.3 is 0 Å². The zero-order chi connectivity index (χ0) is 18.9. The smallest absolute Gasteiger partial charge is 0.191 e. The number of rotatable bonds is 8. The van der Waals surface area contributed by atoms with E-state index in [0.717, 1.165) is 35.9 Å². The van der Waals surface area contributed by atoms with Crippen LogP contribution in [-0.4, -0.2) is 36.4 Å². The van der Waals surface area contributed by atoms with Crippen molar-refractivity contribution in [2.75, 3.05) is 20.2 Å². The van der Waals surface area contributed by atoms with E-state index in [9.17, 15) is 5.11 Å². The molecule has 0 aliphatic rings. The number of nitrogens with zero attached hydrogens (tertiary/aromatic N) is 2. The van der Waals surface area contributed by atoms with Crippen LogP contribution in [0.5, 0.6) is 11.5 Å². The van der Waals surface area contributed by atoms with Gasteiger partial charge < -0.3 is 25.0 Å². The van der Waals surface area contributed by atoms with Crippen molar-refractivity contribution < 1.29 is 14.4 Å². The second-order valence-corrected chi connectivity index (χ2v) is 6.25. The second kappa shape index (κ2) is 9.70. The zero-order valence-electron chi connectivity index (χ0n) is 15.9. The Morgan fingerprint density at radius 2 is 2.12 bits per heavy atom. The number of nitrogens with one attached hydrogen (secondary N) is 2. The first-order valence-corrected chi connectivity index (χ1v) is 8.87. The Bertz CT molecular complexity index is 725. The lowest BCUT2D eigenvalue weighted by Crippen LogP contribution is -2.38. The SMILES string of the molecule is CCNC(=NCc1cc(C(C)C)no1)NCCc1ccc(O)c(OC)c1. The van der Waals surface area contributed by atoms with Crippen molar-refractivity contribution in [3.8, 4) is 11.5 Å². The molecule has 0 fully saturated rings. The summed E-state index contributed by atoms with van der Waals surface area (Å²) < 4.78 is 10.4. The Balaban J connectivity index is 1.90. The molecule has 0 aliphatic heterocycles. The Labute approximate surface area is 154 Å². The Kier molecular flexibility index (Phi) is 7.32. The van der Waals surface area contributed by atoms with Crippen molar-refractivity contribution in [2.45, 2.75) is 39.7 Å². The molecule has 0 unspecified atom stereocenters. The van der Waals surface area contributed by atoms with Crippen molar-refractivity contribution in [3.63, 3.8) is 0 Å². The molecule has 1 heterocycles. The van der Waals surface area contributed by atoms with Gasteiger partial charge in [0, 0.05) is 19.2 Å². The number of phenolic OH excluding ortho intramolecular Hbond substituents is 1. The maximum Gasteiger partial charge on any atom is 0.191 e. The molecule has 0 saturated carbocycles. The highest BCUT2D eigenvalue weighted by molar-refractivity contribution is 5.79. The number of methoxy groups -OCH3 is 1. The van der Waals surface area contributed by atoms with Crippen LogP contribution < -0.4 is 15.4 Å². The number of aliphatic imine (C=N–C) groups is 1. The van der Waals surface area contributed by atoms with Crippen LogP contribution in [0.25, 0.3) is 0 Å². The van der Waals surface area contributed by atoms with E-state index in [1.165, 1.54) is 0 Å². The van der Waals surface area contributed by atoms with Gasteiger partial charge in [-0.2, -0.15) is 0 Å². The molecule has 0 bridgehead atoms. The molecule has 1 aromatic heterocycles. The monoisotopic (exact) mass is 360 g/mol. The summed E-state index contributed by atoms with van der Waals surface area (Å²) in [6, 6.07) is 7.30. The van der Waals surface area contributed by atoms with Gasteiger partial charge in [-0.3, -0.25) is 0 Å². The van der Waals surface area contributed by atoms with E-state index in [-0.39, 0.29) is 5.75 Å². The van der Waals surface area contributed by atoms with Crippen molar-refractivity contribution in [1.29, 1.82) is 0 Å². The average Bonchev–Trinajstić information content (AvgIpc) is 3.10. The van der Waals surface area contributed by atoms with Crippen LogP contribution in [-0.2, 0) is 13.0 Å². The molecular formula is C19H28N4O3. The van der Waals surface area contributed by atoms with E-state index in [1.54, 1.807) is 13.2 Å². The Hall–Kier alpha value is -2.70. The molecule has 142 valence electrons. The summed E-state index contributed by atoms with van der Waals surface area (Å²) in [5, 5.41) is 20.2. The maximum atomic E-state index is 9.65. The minimum Gasteiger partial charge on any atom is -0.504 e. The number of hydrogen-bond acceptors (Lipinski definition) is 5. The fourth-order valence-electron chi connectivity index (χ4n) is 2.38. The number of benzene rings is 1. The lowest BCUT2D eigenvalue weighted by atomic mass is 10.1. The molecule has 0 atom stereocenters. The van der Waals surface area contributed by atoms with Crippen LogP contribution in [0, 0.1) is 0 Å². The van der Waals surface area contributed by atoms with Crippen LogP contribution in [0.3, 0.4) is 0 Å². The maximum absolute atomic E-state index is 9.65. The summed E-state index contributed by atoms with van der Waals surface area (Å²) in [4.78, 5) is 4.53. The molecule has 7 nitrogen and oxygen atoms in total. The highest BCUT2D eigenvalue weighted by Gasteiger charge is 2.08. The molecule has 2 rings (SSSR count). The van der Waals surface area contributed by atoms with E-state index in [0.29, 0.717) is 24.8 Å². The van der Waals surface area contributed by atoms with Gasteiger partial charge in [0.15, 0.2) is 23.2 Å². The molecule has 7 heteroatoms.